The van der Waals surface area contributed by atoms with Gasteiger partial charge >= 0.3 is 5.97 Å². The van der Waals surface area contributed by atoms with Crippen LogP contribution in [0.3, 0.4) is 0 Å². The lowest BCUT2D eigenvalue weighted by atomic mass is 10.2. The summed E-state index contributed by atoms with van der Waals surface area (Å²) in [5.74, 6) is -1.61. The second kappa shape index (κ2) is 3.34. The van der Waals surface area contributed by atoms with E-state index in [0.29, 0.717) is 0 Å². The zero-order chi connectivity index (χ0) is 10.0. The van der Waals surface area contributed by atoms with Crippen LogP contribution in [0.4, 0.5) is 14.6 Å². The van der Waals surface area contributed by atoms with E-state index in [1.165, 1.54) is 0 Å². The van der Waals surface area contributed by atoms with Crippen LogP contribution in [0.2, 0.25) is 0 Å². The SMILES string of the molecule is Nc1cc(C(F)F)cc(C(=O)O)n1. The van der Waals surface area contributed by atoms with Gasteiger partial charge in [0.05, 0.1) is 0 Å². The molecule has 0 saturated carbocycles. The van der Waals surface area contributed by atoms with Crippen LogP contribution >= 0.6 is 0 Å². The molecule has 6 heteroatoms. The monoisotopic (exact) mass is 188 g/mol. The summed E-state index contributed by atoms with van der Waals surface area (Å²) < 4.78 is 24.2. The molecular formula is C7H6F2N2O2. The summed E-state index contributed by atoms with van der Waals surface area (Å²) in [5, 5.41) is 8.45. The molecule has 0 unspecified atom stereocenters. The van der Waals surface area contributed by atoms with Crippen molar-refractivity contribution in [2.75, 3.05) is 5.73 Å². The molecule has 0 aliphatic carbocycles. The Morgan fingerprint density at radius 2 is 2.15 bits per heavy atom. The van der Waals surface area contributed by atoms with Crippen molar-refractivity contribution in [2.24, 2.45) is 0 Å². The zero-order valence-corrected chi connectivity index (χ0v) is 6.37. The number of hydrogen-bond donors (Lipinski definition) is 2. The maximum absolute atomic E-state index is 12.1. The van der Waals surface area contributed by atoms with Crippen molar-refractivity contribution in [3.63, 3.8) is 0 Å². The molecule has 0 atom stereocenters. The number of alkyl halides is 2. The van der Waals surface area contributed by atoms with Crippen molar-refractivity contribution >= 4 is 11.8 Å². The lowest BCUT2D eigenvalue weighted by molar-refractivity contribution is 0.0690. The molecule has 3 N–H and O–H groups in total. The van der Waals surface area contributed by atoms with Gasteiger partial charge in [-0.3, -0.25) is 0 Å². The molecule has 1 heterocycles. The smallest absolute Gasteiger partial charge is 0.354 e. The molecule has 4 nitrogen and oxygen atoms in total. The molecule has 0 spiro atoms. The maximum atomic E-state index is 12.1. The molecule has 0 aliphatic heterocycles. The van der Waals surface area contributed by atoms with Crippen molar-refractivity contribution < 1.29 is 18.7 Å². The quantitative estimate of drug-likeness (QED) is 0.733. The molecule has 1 aromatic rings. The summed E-state index contributed by atoms with van der Waals surface area (Å²) in [7, 11) is 0. The number of hydrogen-bond acceptors (Lipinski definition) is 3. The Morgan fingerprint density at radius 1 is 1.54 bits per heavy atom. The molecule has 0 radical (unpaired) electrons. The van der Waals surface area contributed by atoms with E-state index in [9.17, 15) is 13.6 Å². The number of pyridine rings is 1. The number of anilines is 1. The van der Waals surface area contributed by atoms with Gasteiger partial charge in [0.1, 0.15) is 5.82 Å². The first kappa shape index (κ1) is 9.37. The standard InChI is InChI=1S/C7H6F2N2O2/c8-6(9)3-1-4(7(12)13)11-5(10)2-3/h1-2,6H,(H2,10,11)(H,12,13). The van der Waals surface area contributed by atoms with Crippen molar-refractivity contribution in [3.8, 4) is 0 Å². The van der Waals surface area contributed by atoms with Gasteiger partial charge in [-0.1, -0.05) is 0 Å². The average Bonchev–Trinajstić information content (AvgIpc) is 2.03. The van der Waals surface area contributed by atoms with Gasteiger partial charge in [-0.05, 0) is 12.1 Å². The predicted octanol–water partition coefficient (Wildman–Crippen LogP) is 1.30. The minimum absolute atomic E-state index is 0.227. The normalized spacial score (nSPS) is 10.4. The van der Waals surface area contributed by atoms with Gasteiger partial charge in [0, 0.05) is 5.56 Å². The Morgan fingerprint density at radius 3 is 2.62 bits per heavy atom. The van der Waals surface area contributed by atoms with Gasteiger partial charge in [0.2, 0.25) is 0 Å². The van der Waals surface area contributed by atoms with Gasteiger partial charge < -0.3 is 10.8 Å². The Kier molecular flexibility index (Phi) is 2.41. The van der Waals surface area contributed by atoms with Gasteiger partial charge in [-0.15, -0.1) is 0 Å². The summed E-state index contributed by atoms with van der Waals surface area (Å²) in [6.45, 7) is 0. The summed E-state index contributed by atoms with van der Waals surface area (Å²) in [6, 6.07) is 1.74. The Labute approximate surface area is 72.0 Å². The molecule has 0 amide bonds. The average molecular weight is 188 g/mol. The van der Waals surface area contributed by atoms with Crippen LogP contribution in [-0.2, 0) is 0 Å². The third-order valence-corrected chi connectivity index (χ3v) is 1.34. The number of nitrogen functional groups attached to an aromatic ring is 1. The fourth-order valence-corrected chi connectivity index (χ4v) is 0.809. The topological polar surface area (TPSA) is 76.2 Å². The van der Waals surface area contributed by atoms with Gasteiger partial charge in [0.15, 0.2) is 5.69 Å². The van der Waals surface area contributed by atoms with E-state index < -0.39 is 23.7 Å². The largest absolute Gasteiger partial charge is 0.477 e. The predicted molar refractivity (Wildman–Crippen MR) is 40.6 cm³/mol. The van der Waals surface area contributed by atoms with Gasteiger partial charge in [-0.2, -0.15) is 0 Å². The third-order valence-electron chi connectivity index (χ3n) is 1.34. The second-order valence-electron chi connectivity index (χ2n) is 2.32. The van der Waals surface area contributed by atoms with Crippen LogP contribution < -0.4 is 5.73 Å². The van der Waals surface area contributed by atoms with Crippen LogP contribution in [0.5, 0.6) is 0 Å². The highest BCUT2D eigenvalue weighted by molar-refractivity contribution is 5.86. The molecule has 0 saturated heterocycles. The summed E-state index contributed by atoms with van der Waals surface area (Å²) in [5.41, 5.74) is 4.21. The highest BCUT2D eigenvalue weighted by Crippen LogP contribution is 2.20. The molecule has 0 fully saturated rings. The summed E-state index contributed by atoms with van der Waals surface area (Å²) in [6.07, 6.45) is -2.75. The van der Waals surface area contributed by atoms with E-state index in [-0.39, 0.29) is 5.82 Å². The fourth-order valence-electron chi connectivity index (χ4n) is 0.809. The van der Waals surface area contributed by atoms with Crippen LogP contribution in [0.15, 0.2) is 12.1 Å². The number of carboxylic acids is 1. The highest BCUT2D eigenvalue weighted by atomic mass is 19.3. The number of aromatic carboxylic acids is 1. The molecule has 13 heavy (non-hydrogen) atoms. The number of rotatable bonds is 2. The molecular weight excluding hydrogens is 182 g/mol. The Bertz CT molecular complexity index is 341. The van der Waals surface area contributed by atoms with E-state index in [0.717, 1.165) is 12.1 Å². The molecule has 1 aromatic heterocycles. The Balaban J connectivity index is 3.19. The van der Waals surface area contributed by atoms with Crippen LogP contribution in [0, 0.1) is 0 Å². The molecule has 0 aliphatic rings. The van der Waals surface area contributed by atoms with E-state index >= 15 is 0 Å². The van der Waals surface area contributed by atoms with Crippen molar-refractivity contribution in [1.29, 1.82) is 0 Å². The first-order chi connectivity index (χ1) is 6.00. The lowest BCUT2D eigenvalue weighted by Crippen LogP contribution is -2.04. The third kappa shape index (κ3) is 2.11. The number of nitrogens with zero attached hydrogens (tertiary/aromatic N) is 1. The maximum Gasteiger partial charge on any atom is 0.354 e. The lowest BCUT2D eigenvalue weighted by Gasteiger charge is -2.02. The summed E-state index contributed by atoms with van der Waals surface area (Å²) in [4.78, 5) is 13.7. The van der Waals surface area contributed by atoms with Gasteiger partial charge in [-0.25, -0.2) is 18.6 Å². The minimum atomic E-state index is -2.75. The van der Waals surface area contributed by atoms with Crippen LogP contribution in [0.25, 0.3) is 0 Å². The zero-order valence-electron chi connectivity index (χ0n) is 6.37. The van der Waals surface area contributed by atoms with Gasteiger partial charge in [0.25, 0.3) is 6.43 Å². The van der Waals surface area contributed by atoms with E-state index in [1.807, 2.05) is 0 Å². The Hall–Kier alpha value is -1.72. The van der Waals surface area contributed by atoms with Crippen LogP contribution in [0.1, 0.15) is 22.5 Å². The first-order valence-corrected chi connectivity index (χ1v) is 3.29. The molecule has 70 valence electrons. The van der Waals surface area contributed by atoms with Crippen molar-refractivity contribution in [2.45, 2.75) is 6.43 Å². The molecule has 0 aromatic carbocycles. The fraction of sp³-hybridized carbons (Fsp3) is 0.143. The van der Waals surface area contributed by atoms with E-state index in [1.54, 1.807) is 0 Å². The first-order valence-electron chi connectivity index (χ1n) is 3.29. The number of carbonyl (C=O) groups is 1. The second-order valence-corrected chi connectivity index (χ2v) is 2.32. The highest BCUT2D eigenvalue weighted by Gasteiger charge is 2.13. The molecule has 0 bridgehead atoms. The van der Waals surface area contributed by atoms with E-state index in [4.69, 9.17) is 10.8 Å². The minimum Gasteiger partial charge on any atom is -0.477 e. The number of aromatic nitrogens is 1. The van der Waals surface area contributed by atoms with Crippen molar-refractivity contribution in [3.05, 3.63) is 23.4 Å². The van der Waals surface area contributed by atoms with Crippen LogP contribution in [-0.4, -0.2) is 16.1 Å². The number of nitrogens with two attached hydrogens (primary N) is 1. The number of carboxylic acid groups (broad SMARTS) is 1. The molecule has 1 rings (SSSR count). The summed E-state index contributed by atoms with van der Waals surface area (Å²) >= 11 is 0. The number of halogens is 2. The van der Waals surface area contributed by atoms with E-state index in [2.05, 4.69) is 4.98 Å². The van der Waals surface area contributed by atoms with Crippen molar-refractivity contribution in [1.82, 2.24) is 4.98 Å².